The van der Waals surface area contributed by atoms with Gasteiger partial charge in [0.15, 0.2) is 0 Å². The number of aryl methyl sites for hydroxylation is 1. The third kappa shape index (κ3) is 2.79. The summed E-state index contributed by atoms with van der Waals surface area (Å²) in [5.74, 6) is 1.64. The first-order valence-electron chi connectivity index (χ1n) is 5.42. The SMILES string of the molecule is Cc1cc(CCl)cnc1Oc1ccc(C#N)cc1. The van der Waals surface area contributed by atoms with E-state index in [1.807, 2.05) is 13.0 Å². The molecule has 0 aliphatic rings. The number of halogens is 1. The van der Waals surface area contributed by atoms with Crippen LogP contribution in [0.4, 0.5) is 0 Å². The molecule has 1 aromatic carbocycles. The summed E-state index contributed by atoms with van der Waals surface area (Å²) in [5.41, 5.74) is 2.49. The van der Waals surface area contributed by atoms with Crippen LogP contribution in [0.5, 0.6) is 11.6 Å². The van der Waals surface area contributed by atoms with E-state index in [0.29, 0.717) is 23.1 Å². The molecule has 90 valence electrons. The molecule has 4 heteroatoms. The Morgan fingerprint density at radius 3 is 2.61 bits per heavy atom. The lowest BCUT2D eigenvalue weighted by atomic mass is 10.2. The van der Waals surface area contributed by atoms with Crippen molar-refractivity contribution in [2.75, 3.05) is 0 Å². The van der Waals surface area contributed by atoms with Crippen molar-refractivity contribution in [1.29, 1.82) is 5.26 Å². The molecule has 0 atom stereocenters. The van der Waals surface area contributed by atoms with E-state index in [-0.39, 0.29) is 0 Å². The molecule has 0 saturated heterocycles. The number of rotatable bonds is 3. The van der Waals surface area contributed by atoms with Crippen LogP contribution in [0.25, 0.3) is 0 Å². The first-order chi connectivity index (χ1) is 8.72. The lowest BCUT2D eigenvalue weighted by Crippen LogP contribution is -1.93. The van der Waals surface area contributed by atoms with Gasteiger partial charge in [-0.25, -0.2) is 4.98 Å². The summed E-state index contributed by atoms with van der Waals surface area (Å²) in [4.78, 5) is 4.22. The van der Waals surface area contributed by atoms with Gasteiger partial charge in [0.2, 0.25) is 5.88 Å². The van der Waals surface area contributed by atoms with Crippen molar-refractivity contribution < 1.29 is 4.74 Å². The number of benzene rings is 1. The summed E-state index contributed by atoms with van der Waals surface area (Å²) >= 11 is 5.73. The standard InChI is InChI=1S/C14H11ClN2O/c1-10-6-12(7-15)9-17-14(10)18-13-4-2-11(8-16)3-5-13/h2-6,9H,7H2,1H3. The summed E-state index contributed by atoms with van der Waals surface area (Å²) in [5, 5.41) is 8.70. The van der Waals surface area contributed by atoms with Crippen molar-refractivity contribution in [2.24, 2.45) is 0 Å². The number of nitrogens with zero attached hydrogens (tertiary/aromatic N) is 2. The monoisotopic (exact) mass is 258 g/mol. The van der Waals surface area contributed by atoms with E-state index in [9.17, 15) is 0 Å². The molecule has 0 bridgehead atoms. The lowest BCUT2D eigenvalue weighted by Gasteiger charge is -2.08. The molecular formula is C14H11ClN2O. The van der Waals surface area contributed by atoms with Crippen molar-refractivity contribution in [2.45, 2.75) is 12.8 Å². The Labute approximate surface area is 111 Å². The Kier molecular flexibility index (Phi) is 3.81. The highest BCUT2D eigenvalue weighted by atomic mass is 35.5. The predicted molar refractivity (Wildman–Crippen MR) is 69.8 cm³/mol. The molecule has 0 fully saturated rings. The molecule has 0 unspecified atom stereocenters. The predicted octanol–water partition coefficient (Wildman–Crippen LogP) is 3.79. The second-order valence-corrected chi connectivity index (χ2v) is 4.10. The normalized spacial score (nSPS) is 9.83. The van der Waals surface area contributed by atoms with Gasteiger partial charge in [-0.3, -0.25) is 0 Å². The molecule has 2 rings (SSSR count). The smallest absolute Gasteiger partial charge is 0.222 e. The summed E-state index contributed by atoms with van der Waals surface area (Å²) in [6.45, 7) is 1.92. The van der Waals surface area contributed by atoms with Crippen LogP contribution in [0, 0.1) is 18.3 Å². The fourth-order valence-electron chi connectivity index (χ4n) is 1.51. The van der Waals surface area contributed by atoms with Crippen molar-refractivity contribution in [3.05, 3.63) is 53.2 Å². The number of nitriles is 1. The van der Waals surface area contributed by atoms with Gasteiger partial charge in [0.25, 0.3) is 0 Å². The molecule has 0 spiro atoms. The van der Waals surface area contributed by atoms with Crippen LogP contribution < -0.4 is 4.74 Å². The summed E-state index contributed by atoms with van der Waals surface area (Å²) < 4.78 is 5.64. The highest BCUT2D eigenvalue weighted by Crippen LogP contribution is 2.23. The maximum atomic E-state index is 8.70. The van der Waals surface area contributed by atoms with Crippen LogP contribution in [-0.2, 0) is 5.88 Å². The molecule has 0 aliphatic carbocycles. The van der Waals surface area contributed by atoms with Crippen LogP contribution >= 0.6 is 11.6 Å². The molecule has 1 aromatic heterocycles. The topological polar surface area (TPSA) is 45.9 Å². The van der Waals surface area contributed by atoms with Crippen molar-refractivity contribution >= 4 is 11.6 Å². The zero-order chi connectivity index (χ0) is 13.0. The average Bonchev–Trinajstić information content (AvgIpc) is 2.42. The van der Waals surface area contributed by atoms with Gasteiger partial charge < -0.3 is 4.74 Å². The van der Waals surface area contributed by atoms with Gasteiger partial charge in [-0.1, -0.05) is 0 Å². The Hall–Kier alpha value is -2.05. The van der Waals surface area contributed by atoms with Crippen molar-refractivity contribution in [1.82, 2.24) is 4.98 Å². The van der Waals surface area contributed by atoms with E-state index in [1.165, 1.54) is 0 Å². The van der Waals surface area contributed by atoms with Gasteiger partial charge in [0.05, 0.1) is 11.6 Å². The molecular weight excluding hydrogens is 248 g/mol. The summed E-state index contributed by atoms with van der Waals surface area (Å²) in [6.07, 6.45) is 1.69. The zero-order valence-electron chi connectivity index (χ0n) is 9.85. The van der Waals surface area contributed by atoms with Gasteiger partial charge >= 0.3 is 0 Å². The number of aromatic nitrogens is 1. The van der Waals surface area contributed by atoms with E-state index in [4.69, 9.17) is 21.6 Å². The third-order valence-corrected chi connectivity index (χ3v) is 2.75. The number of ether oxygens (including phenoxy) is 1. The largest absolute Gasteiger partial charge is 0.439 e. The van der Waals surface area contributed by atoms with Crippen molar-refractivity contribution in [3.63, 3.8) is 0 Å². The second kappa shape index (κ2) is 5.52. The van der Waals surface area contributed by atoms with Crippen LogP contribution in [0.3, 0.4) is 0 Å². The molecule has 18 heavy (non-hydrogen) atoms. The Bertz CT molecular complexity index is 588. The fourth-order valence-corrected chi connectivity index (χ4v) is 1.66. The molecule has 0 N–H and O–H groups in total. The molecule has 0 aliphatic heterocycles. The van der Waals surface area contributed by atoms with E-state index < -0.39 is 0 Å². The first-order valence-corrected chi connectivity index (χ1v) is 5.96. The van der Waals surface area contributed by atoms with Gasteiger partial charge in [-0.2, -0.15) is 5.26 Å². The van der Waals surface area contributed by atoms with Gasteiger partial charge in [0.1, 0.15) is 5.75 Å². The maximum Gasteiger partial charge on any atom is 0.222 e. The van der Waals surface area contributed by atoms with Crippen LogP contribution in [0.2, 0.25) is 0 Å². The van der Waals surface area contributed by atoms with E-state index >= 15 is 0 Å². The van der Waals surface area contributed by atoms with E-state index in [2.05, 4.69) is 11.1 Å². The molecule has 3 nitrogen and oxygen atoms in total. The quantitative estimate of drug-likeness (QED) is 0.787. The number of hydrogen-bond donors (Lipinski definition) is 0. The highest BCUT2D eigenvalue weighted by Gasteiger charge is 2.04. The fraction of sp³-hybridized carbons (Fsp3) is 0.143. The van der Waals surface area contributed by atoms with Crippen LogP contribution in [-0.4, -0.2) is 4.98 Å². The first kappa shape index (κ1) is 12.4. The van der Waals surface area contributed by atoms with Crippen molar-refractivity contribution in [3.8, 4) is 17.7 Å². The molecule has 0 saturated carbocycles. The summed E-state index contributed by atoms with van der Waals surface area (Å²) in [6, 6.07) is 10.9. The van der Waals surface area contributed by atoms with Crippen LogP contribution in [0.15, 0.2) is 36.5 Å². The number of alkyl halides is 1. The molecule has 0 amide bonds. The molecule has 1 heterocycles. The van der Waals surface area contributed by atoms with Gasteiger partial charge in [-0.15, -0.1) is 11.6 Å². The number of pyridine rings is 1. The maximum absolute atomic E-state index is 8.70. The average molecular weight is 259 g/mol. The Balaban J connectivity index is 2.20. The number of hydrogen-bond acceptors (Lipinski definition) is 3. The minimum absolute atomic E-state index is 0.436. The summed E-state index contributed by atoms with van der Waals surface area (Å²) in [7, 11) is 0. The van der Waals surface area contributed by atoms with Gasteiger partial charge in [-0.05, 0) is 42.8 Å². The van der Waals surface area contributed by atoms with E-state index in [0.717, 1.165) is 11.1 Å². The highest BCUT2D eigenvalue weighted by molar-refractivity contribution is 6.17. The van der Waals surface area contributed by atoms with Crippen LogP contribution in [0.1, 0.15) is 16.7 Å². The molecule has 0 radical (unpaired) electrons. The Morgan fingerprint density at radius 2 is 2.06 bits per heavy atom. The Morgan fingerprint density at radius 1 is 1.33 bits per heavy atom. The lowest BCUT2D eigenvalue weighted by molar-refractivity contribution is 0.458. The minimum atomic E-state index is 0.436. The molecule has 2 aromatic rings. The third-order valence-electron chi connectivity index (χ3n) is 2.44. The second-order valence-electron chi connectivity index (χ2n) is 3.84. The van der Waals surface area contributed by atoms with Gasteiger partial charge in [0, 0.05) is 17.6 Å². The zero-order valence-corrected chi connectivity index (χ0v) is 10.6. The van der Waals surface area contributed by atoms with E-state index in [1.54, 1.807) is 30.5 Å². The minimum Gasteiger partial charge on any atom is -0.439 e.